The molecule has 1 aliphatic heterocycles. The van der Waals surface area contributed by atoms with E-state index in [9.17, 15) is 8.42 Å². The van der Waals surface area contributed by atoms with Gasteiger partial charge < -0.3 is 14.8 Å². The van der Waals surface area contributed by atoms with Gasteiger partial charge >= 0.3 is 0 Å². The van der Waals surface area contributed by atoms with E-state index in [4.69, 9.17) is 9.47 Å². The Morgan fingerprint density at radius 2 is 1.87 bits per heavy atom. The Labute approximate surface area is 144 Å². The number of nitrogens with one attached hydrogen (secondary N) is 1. The third-order valence-corrected chi connectivity index (χ3v) is 5.35. The summed E-state index contributed by atoms with van der Waals surface area (Å²) in [5.41, 5.74) is 0. The number of hydrogen-bond acceptors (Lipinski definition) is 5. The van der Waals surface area contributed by atoms with Gasteiger partial charge in [0.1, 0.15) is 0 Å². The topological polar surface area (TPSA) is 67.9 Å². The van der Waals surface area contributed by atoms with E-state index in [1.807, 2.05) is 20.8 Å². The lowest BCUT2D eigenvalue weighted by atomic mass is 10.3. The van der Waals surface area contributed by atoms with Crippen molar-refractivity contribution in [2.24, 2.45) is 0 Å². The van der Waals surface area contributed by atoms with E-state index in [1.54, 1.807) is 18.2 Å². The zero-order chi connectivity index (χ0) is 16.2. The molecule has 8 heteroatoms. The maximum atomic E-state index is 12.8. The van der Waals surface area contributed by atoms with Crippen LogP contribution in [0.5, 0.6) is 11.5 Å². The van der Waals surface area contributed by atoms with Gasteiger partial charge in [0.15, 0.2) is 11.5 Å². The van der Waals surface area contributed by atoms with Crippen molar-refractivity contribution in [2.75, 3.05) is 32.8 Å². The van der Waals surface area contributed by atoms with Gasteiger partial charge in [-0.05, 0) is 32.9 Å². The molecule has 1 atom stereocenters. The monoisotopic (exact) mass is 364 g/mol. The van der Waals surface area contributed by atoms with Crippen LogP contribution in [0.1, 0.15) is 20.8 Å². The molecule has 6 nitrogen and oxygen atoms in total. The molecule has 0 amide bonds. The van der Waals surface area contributed by atoms with Crippen LogP contribution < -0.4 is 14.8 Å². The highest BCUT2D eigenvalue weighted by Gasteiger charge is 2.29. The van der Waals surface area contributed by atoms with Gasteiger partial charge in [0.2, 0.25) is 10.0 Å². The van der Waals surface area contributed by atoms with Crippen molar-refractivity contribution in [2.45, 2.75) is 31.7 Å². The predicted molar refractivity (Wildman–Crippen MR) is 92.3 cm³/mol. The van der Waals surface area contributed by atoms with Gasteiger partial charge in [-0.2, -0.15) is 4.31 Å². The smallest absolute Gasteiger partial charge is 0.243 e. The molecule has 1 aromatic carbocycles. The Morgan fingerprint density at radius 3 is 2.48 bits per heavy atom. The van der Waals surface area contributed by atoms with Crippen LogP contribution in [0.3, 0.4) is 0 Å². The zero-order valence-electron chi connectivity index (χ0n) is 13.7. The lowest BCUT2D eigenvalue weighted by Gasteiger charge is -2.31. The van der Waals surface area contributed by atoms with E-state index in [0.29, 0.717) is 44.3 Å². The van der Waals surface area contributed by atoms with Gasteiger partial charge in [0, 0.05) is 31.7 Å². The molecule has 0 bridgehead atoms. The number of benzene rings is 1. The second-order valence-electron chi connectivity index (χ2n) is 5.19. The van der Waals surface area contributed by atoms with Crippen molar-refractivity contribution in [1.82, 2.24) is 9.62 Å². The summed E-state index contributed by atoms with van der Waals surface area (Å²) in [7, 11) is -3.51. The number of hydrogen-bond donors (Lipinski definition) is 1. The summed E-state index contributed by atoms with van der Waals surface area (Å²) in [6.45, 7) is 8.28. The molecule has 1 saturated heterocycles. The van der Waals surface area contributed by atoms with E-state index in [0.717, 1.165) is 0 Å². The lowest BCUT2D eigenvalue weighted by Crippen LogP contribution is -2.51. The predicted octanol–water partition coefficient (Wildman–Crippen LogP) is 1.89. The molecule has 0 unspecified atom stereocenters. The lowest BCUT2D eigenvalue weighted by molar-refractivity contribution is 0.286. The minimum atomic E-state index is -3.51. The molecule has 1 fully saturated rings. The first-order valence-corrected chi connectivity index (χ1v) is 9.06. The Morgan fingerprint density at radius 1 is 1.22 bits per heavy atom. The summed E-state index contributed by atoms with van der Waals surface area (Å²) in [5, 5.41) is 3.24. The van der Waals surface area contributed by atoms with Gasteiger partial charge in [0.25, 0.3) is 0 Å². The molecule has 0 radical (unpaired) electrons. The van der Waals surface area contributed by atoms with Crippen LogP contribution in [-0.2, 0) is 10.0 Å². The van der Waals surface area contributed by atoms with Crippen molar-refractivity contribution < 1.29 is 17.9 Å². The number of nitrogens with zero attached hydrogens (tertiary/aromatic N) is 1. The minimum Gasteiger partial charge on any atom is -0.490 e. The van der Waals surface area contributed by atoms with E-state index >= 15 is 0 Å². The first-order valence-electron chi connectivity index (χ1n) is 7.62. The van der Waals surface area contributed by atoms with Crippen molar-refractivity contribution >= 4 is 22.4 Å². The molecule has 0 saturated carbocycles. The largest absolute Gasteiger partial charge is 0.490 e. The first kappa shape index (κ1) is 20.0. The number of rotatable bonds is 6. The summed E-state index contributed by atoms with van der Waals surface area (Å²) in [6, 6.07) is 4.94. The molecule has 1 heterocycles. The SMILES string of the molecule is CCOc1ccc(S(=O)(=O)N2CCN[C@H](C)C2)cc1OCC.Cl. The van der Waals surface area contributed by atoms with Crippen LogP contribution >= 0.6 is 12.4 Å². The molecular formula is C15H25ClN2O4S. The van der Waals surface area contributed by atoms with Gasteiger partial charge in [-0.15, -0.1) is 12.4 Å². The zero-order valence-corrected chi connectivity index (χ0v) is 15.4. The molecule has 0 aromatic heterocycles. The molecule has 0 spiro atoms. The quantitative estimate of drug-likeness (QED) is 0.834. The van der Waals surface area contributed by atoms with Crippen molar-refractivity contribution in [3.8, 4) is 11.5 Å². The molecule has 23 heavy (non-hydrogen) atoms. The third-order valence-electron chi connectivity index (χ3n) is 3.48. The molecular weight excluding hydrogens is 340 g/mol. The fraction of sp³-hybridized carbons (Fsp3) is 0.600. The standard InChI is InChI=1S/C15H24N2O4S.ClH/c1-4-20-14-7-6-13(10-15(14)21-5-2)22(18,19)17-9-8-16-12(3)11-17;/h6-7,10,12,16H,4-5,8-9,11H2,1-3H3;1H/t12-;/m1./s1. The molecule has 1 N–H and O–H groups in total. The maximum absolute atomic E-state index is 12.8. The summed E-state index contributed by atoms with van der Waals surface area (Å²) in [6.07, 6.45) is 0. The van der Waals surface area contributed by atoms with Crippen LogP contribution in [0.2, 0.25) is 0 Å². The minimum absolute atomic E-state index is 0. The highest BCUT2D eigenvalue weighted by Crippen LogP contribution is 2.31. The van der Waals surface area contributed by atoms with Crippen LogP contribution in [0, 0.1) is 0 Å². The highest BCUT2D eigenvalue weighted by atomic mass is 35.5. The van der Waals surface area contributed by atoms with Gasteiger partial charge in [-0.3, -0.25) is 0 Å². The fourth-order valence-electron chi connectivity index (χ4n) is 2.46. The molecule has 1 aromatic rings. The van der Waals surface area contributed by atoms with E-state index in [-0.39, 0.29) is 23.3 Å². The Balaban J connectivity index is 0.00000264. The van der Waals surface area contributed by atoms with Gasteiger partial charge in [0.05, 0.1) is 18.1 Å². The number of sulfonamides is 1. The normalized spacial score (nSPS) is 19.0. The Hall–Kier alpha value is -1.02. The Bertz CT molecular complexity index is 609. The third kappa shape index (κ3) is 4.73. The molecule has 1 aliphatic rings. The van der Waals surface area contributed by atoms with E-state index in [1.165, 1.54) is 4.31 Å². The number of ether oxygens (including phenoxy) is 2. The van der Waals surface area contributed by atoms with Gasteiger partial charge in [-0.1, -0.05) is 0 Å². The van der Waals surface area contributed by atoms with E-state index in [2.05, 4.69) is 5.32 Å². The van der Waals surface area contributed by atoms with Crippen LogP contribution in [0.25, 0.3) is 0 Å². The molecule has 0 aliphatic carbocycles. The van der Waals surface area contributed by atoms with Gasteiger partial charge in [-0.25, -0.2) is 8.42 Å². The fourth-order valence-corrected chi connectivity index (χ4v) is 4.00. The second kappa shape index (κ2) is 8.73. The number of halogens is 1. The van der Waals surface area contributed by atoms with E-state index < -0.39 is 10.0 Å². The summed E-state index contributed by atoms with van der Waals surface area (Å²) in [5.74, 6) is 1.03. The Kier molecular flexibility index (Phi) is 7.60. The van der Waals surface area contributed by atoms with Crippen LogP contribution in [0.4, 0.5) is 0 Å². The average Bonchev–Trinajstić information content (AvgIpc) is 2.49. The molecule has 132 valence electrons. The van der Waals surface area contributed by atoms with Crippen molar-refractivity contribution in [3.63, 3.8) is 0 Å². The van der Waals surface area contributed by atoms with Crippen molar-refractivity contribution in [1.29, 1.82) is 0 Å². The van der Waals surface area contributed by atoms with Crippen LogP contribution in [0.15, 0.2) is 23.1 Å². The summed E-state index contributed by atoms with van der Waals surface area (Å²) >= 11 is 0. The van der Waals surface area contributed by atoms with Crippen LogP contribution in [-0.4, -0.2) is 51.6 Å². The maximum Gasteiger partial charge on any atom is 0.243 e. The first-order chi connectivity index (χ1) is 10.5. The highest BCUT2D eigenvalue weighted by molar-refractivity contribution is 7.89. The summed E-state index contributed by atoms with van der Waals surface area (Å²) in [4.78, 5) is 0.244. The second-order valence-corrected chi connectivity index (χ2v) is 7.13. The molecule has 2 rings (SSSR count). The average molecular weight is 365 g/mol. The van der Waals surface area contributed by atoms with Crippen molar-refractivity contribution in [3.05, 3.63) is 18.2 Å². The number of piperazine rings is 1. The summed E-state index contributed by atoms with van der Waals surface area (Å²) < 4.78 is 38.0.